The first kappa shape index (κ1) is 11.3. The topological polar surface area (TPSA) is 24.9 Å². The van der Waals surface area contributed by atoms with Crippen LogP contribution in [0.3, 0.4) is 0 Å². The molecule has 0 radical (unpaired) electrons. The van der Waals surface area contributed by atoms with Crippen LogP contribution in [0, 0.1) is 0 Å². The third kappa shape index (κ3) is 2.68. The average Bonchev–Trinajstić information content (AvgIpc) is 2.30. The van der Waals surface area contributed by atoms with Crippen molar-refractivity contribution in [3.63, 3.8) is 0 Å². The highest BCUT2D eigenvalue weighted by Crippen LogP contribution is 2.28. The molecular weight excluding hydrogens is 240 g/mol. The first-order valence-electron chi connectivity index (χ1n) is 4.81. The summed E-state index contributed by atoms with van der Waals surface area (Å²) in [6.45, 7) is 0. The van der Waals surface area contributed by atoms with Gasteiger partial charge in [0.2, 0.25) is 0 Å². The summed E-state index contributed by atoms with van der Waals surface area (Å²) in [5.41, 5.74) is 2.03. The molecule has 0 fully saturated rings. The lowest BCUT2D eigenvalue weighted by molar-refractivity contribution is 1.32. The van der Waals surface area contributed by atoms with Crippen LogP contribution in [-0.4, -0.2) is 11.2 Å². The molecule has 0 aliphatic rings. The minimum absolute atomic E-state index is 0.492. The lowest BCUT2D eigenvalue weighted by Gasteiger charge is -2.10. The third-order valence-electron chi connectivity index (χ3n) is 2.11. The summed E-state index contributed by atoms with van der Waals surface area (Å²) in [7, 11) is 0. The van der Waals surface area contributed by atoms with E-state index in [1.165, 1.54) is 4.90 Å². The van der Waals surface area contributed by atoms with Crippen molar-refractivity contribution in [2.75, 3.05) is 11.6 Å². The van der Waals surface area contributed by atoms with Gasteiger partial charge in [0.05, 0.1) is 5.69 Å². The number of thioether (sulfide) groups is 1. The highest BCUT2D eigenvalue weighted by Gasteiger charge is 2.01. The van der Waals surface area contributed by atoms with E-state index in [2.05, 4.69) is 22.6 Å². The van der Waals surface area contributed by atoms with Gasteiger partial charge in [0.15, 0.2) is 0 Å². The van der Waals surface area contributed by atoms with Gasteiger partial charge in [-0.05, 0) is 30.5 Å². The van der Waals surface area contributed by atoms with Crippen LogP contribution in [-0.2, 0) is 0 Å². The van der Waals surface area contributed by atoms with Crippen molar-refractivity contribution < 1.29 is 0 Å². The molecule has 1 aromatic heterocycles. The molecule has 0 aliphatic heterocycles. The molecule has 0 bridgehead atoms. The number of benzene rings is 1. The van der Waals surface area contributed by atoms with E-state index in [9.17, 15) is 0 Å². The van der Waals surface area contributed by atoms with E-state index in [1.54, 1.807) is 24.0 Å². The zero-order chi connectivity index (χ0) is 11.4. The smallest absolute Gasteiger partial charge is 0.131 e. The maximum Gasteiger partial charge on any atom is 0.131 e. The van der Waals surface area contributed by atoms with Gasteiger partial charge in [-0.1, -0.05) is 23.7 Å². The zero-order valence-electron chi connectivity index (χ0n) is 8.77. The Kier molecular flexibility index (Phi) is 3.70. The SMILES string of the molecule is CSc1ccccc1Nc1ccnc(Cl)c1. The maximum atomic E-state index is 5.83. The normalized spacial score (nSPS) is 10.1. The Morgan fingerprint density at radius 2 is 2.06 bits per heavy atom. The number of rotatable bonds is 3. The molecule has 0 saturated heterocycles. The Hall–Kier alpha value is -1.19. The van der Waals surface area contributed by atoms with Crippen molar-refractivity contribution in [2.45, 2.75) is 4.90 Å². The number of para-hydroxylation sites is 1. The maximum absolute atomic E-state index is 5.83. The lowest BCUT2D eigenvalue weighted by atomic mass is 10.3. The molecule has 0 unspecified atom stereocenters. The second-order valence-corrected chi connectivity index (χ2v) is 4.43. The molecule has 2 rings (SSSR count). The van der Waals surface area contributed by atoms with Gasteiger partial charge in [-0.25, -0.2) is 4.98 Å². The molecule has 2 aromatic rings. The number of hydrogen-bond acceptors (Lipinski definition) is 3. The quantitative estimate of drug-likeness (QED) is 0.653. The highest BCUT2D eigenvalue weighted by atomic mass is 35.5. The fraction of sp³-hybridized carbons (Fsp3) is 0.0833. The summed E-state index contributed by atoms with van der Waals surface area (Å²) in [6, 6.07) is 11.8. The van der Waals surface area contributed by atoms with Crippen molar-refractivity contribution in [3.8, 4) is 0 Å². The van der Waals surface area contributed by atoms with Crippen LogP contribution in [0.15, 0.2) is 47.5 Å². The van der Waals surface area contributed by atoms with Crippen molar-refractivity contribution in [3.05, 3.63) is 47.7 Å². The molecule has 0 atom stereocenters. The largest absolute Gasteiger partial charge is 0.354 e. The molecule has 0 spiro atoms. The summed E-state index contributed by atoms with van der Waals surface area (Å²) in [5.74, 6) is 0. The summed E-state index contributed by atoms with van der Waals surface area (Å²) < 4.78 is 0. The molecule has 0 amide bonds. The first-order chi connectivity index (χ1) is 7.79. The van der Waals surface area contributed by atoms with E-state index in [1.807, 2.05) is 24.3 Å². The van der Waals surface area contributed by atoms with Crippen molar-refractivity contribution in [1.29, 1.82) is 0 Å². The van der Waals surface area contributed by atoms with Gasteiger partial charge < -0.3 is 5.32 Å². The van der Waals surface area contributed by atoms with Crippen LogP contribution >= 0.6 is 23.4 Å². The van der Waals surface area contributed by atoms with E-state index in [-0.39, 0.29) is 0 Å². The van der Waals surface area contributed by atoms with Crippen molar-refractivity contribution >= 4 is 34.7 Å². The second kappa shape index (κ2) is 5.23. The monoisotopic (exact) mass is 250 g/mol. The van der Waals surface area contributed by atoms with E-state index in [0.29, 0.717) is 5.15 Å². The molecule has 0 saturated carbocycles. The lowest BCUT2D eigenvalue weighted by Crippen LogP contribution is -1.92. The molecule has 2 nitrogen and oxygen atoms in total. The van der Waals surface area contributed by atoms with E-state index in [4.69, 9.17) is 11.6 Å². The number of aromatic nitrogens is 1. The summed E-state index contributed by atoms with van der Waals surface area (Å²) >= 11 is 7.54. The highest BCUT2D eigenvalue weighted by molar-refractivity contribution is 7.98. The number of nitrogens with one attached hydrogen (secondary N) is 1. The molecular formula is C12H11ClN2S. The number of nitrogens with zero attached hydrogens (tertiary/aromatic N) is 1. The Morgan fingerprint density at radius 1 is 1.25 bits per heavy atom. The molecule has 1 aromatic carbocycles. The van der Waals surface area contributed by atoms with E-state index < -0.39 is 0 Å². The van der Waals surface area contributed by atoms with Crippen molar-refractivity contribution in [1.82, 2.24) is 4.98 Å². The number of anilines is 2. The zero-order valence-corrected chi connectivity index (χ0v) is 10.3. The Morgan fingerprint density at radius 3 is 2.81 bits per heavy atom. The minimum atomic E-state index is 0.492. The van der Waals surface area contributed by atoms with Crippen molar-refractivity contribution in [2.24, 2.45) is 0 Å². The number of halogens is 1. The minimum Gasteiger partial charge on any atom is -0.354 e. The Balaban J connectivity index is 2.26. The van der Waals surface area contributed by atoms with Gasteiger partial charge in [0, 0.05) is 16.8 Å². The second-order valence-electron chi connectivity index (χ2n) is 3.19. The molecule has 1 heterocycles. The third-order valence-corrected chi connectivity index (χ3v) is 3.12. The average molecular weight is 251 g/mol. The first-order valence-corrected chi connectivity index (χ1v) is 6.41. The fourth-order valence-electron chi connectivity index (χ4n) is 1.38. The van der Waals surface area contributed by atoms with Crippen LogP contribution in [0.5, 0.6) is 0 Å². The number of pyridine rings is 1. The van der Waals surface area contributed by atoms with Crippen LogP contribution in [0.2, 0.25) is 5.15 Å². The standard InChI is InChI=1S/C12H11ClN2S/c1-16-11-5-3-2-4-10(11)15-9-6-7-14-12(13)8-9/h2-8H,1H3,(H,14,15). The molecule has 0 aliphatic carbocycles. The van der Waals surface area contributed by atoms with Gasteiger partial charge in [-0.3, -0.25) is 0 Å². The van der Waals surface area contributed by atoms with Crippen LogP contribution in [0.4, 0.5) is 11.4 Å². The summed E-state index contributed by atoms with van der Waals surface area (Å²) in [5, 5.41) is 3.81. The molecule has 16 heavy (non-hydrogen) atoms. The predicted octanol–water partition coefficient (Wildman–Crippen LogP) is 4.20. The van der Waals surface area contributed by atoms with E-state index in [0.717, 1.165) is 11.4 Å². The summed E-state index contributed by atoms with van der Waals surface area (Å²) in [4.78, 5) is 5.15. The van der Waals surface area contributed by atoms with Gasteiger partial charge in [0.1, 0.15) is 5.15 Å². The fourth-order valence-corrected chi connectivity index (χ4v) is 2.11. The Bertz CT molecular complexity index is 488. The van der Waals surface area contributed by atoms with Gasteiger partial charge >= 0.3 is 0 Å². The van der Waals surface area contributed by atoms with Gasteiger partial charge in [0.25, 0.3) is 0 Å². The molecule has 4 heteroatoms. The van der Waals surface area contributed by atoms with Crippen LogP contribution < -0.4 is 5.32 Å². The Labute approximate surface area is 104 Å². The molecule has 1 N–H and O–H groups in total. The van der Waals surface area contributed by atoms with Gasteiger partial charge in [-0.2, -0.15) is 0 Å². The summed E-state index contributed by atoms with van der Waals surface area (Å²) in [6.07, 6.45) is 3.74. The van der Waals surface area contributed by atoms with Crippen LogP contribution in [0.25, 0.3) is 0 Å². The van der Waals surface area contributed by atoms with Gasteiger partial charge in [-0.15, -0.1) is 11.8 Å². The van der Waals surface area contributed by atoms with Crippen LogP contribution in [0.1, 0.15) is 0 Å². The number of hydrogen-bond donors (Lipinski definition) is 1. The molecule has 82 valence electrons. The predicted molar refractivity (Wildman–Crippen MR) is 70.8 cm³/mol. The van der Waals surface area contributed by atoms with E-state index >= 15 is 0 Å².